The topological polar surface area (TPSA) is 69.4 Å². The van der Waals surface area contributed by atoms with Crippen molar-refractivity contribution >= 4 is 17.9 Å². The highest BCUT2D eigenvalue weighted by Gasteiger charge is 2.04. The lowest BCUT2D eigenvalue weighted by Crippen LogP contribution is -2.11. The first-order valence-corrected chi connectivity index (χ1v) is 2.01. The summed E-state index contributed by atoms with van der Waals surface area (Å²) in [6.45, 7) is 0. The average Bonchev–Trinajstić information content (AvgIpc) is 1.65. The molecule has 1 unspecified atom stereocenters. The Hall–Kier alpha value is -0.840. The molecule has 0 fully saturated rings. The molecule has 0 aromatic rings. The number of halogens is 1. The Morgan fingerprint density at radius 1 is 1.88 bits per heavy atom. The number of carbonyl (C=O) groups excluding carboxylic acids is 1. The molecule has 0 aromatic heterocycles. The molecule has 1 atom stereocenters. The zero-order chi connectivity index (χ0) is 6.57. The molecule has 0 bridgehead atoms. The van der Waals surface area contributed by atoms with Crippen LogP contribution < -0.4 is 0 Å². The number of alkyl halides is 1. The lowest BCUT2D eigenvalue weighted by atomic mass is 10.8. The summed E-state index contributed by atoms with van der Waals surface area (Å²) in [6, 6.07) is 0. The van der Waals surface area contributed by atoms with Crippen LogP contribution in [0.5, 0.6) is 0 Å². The molecule has 0 rings (SSSR count). The number of aldehydes is 1. The summed E-state index contributed by atoms with van der Waals surface area (Å²) < 4.78 is 0. The zero-order valence-corrected chi connectivity index (χ0v) is 4.37. The fourth-order valence-electron chi connectivity index (χ4n) is 0.107. The molecule has 5 nitrogen and oxygen atoms in total. The predicted molar refractivity (Wildman–Crippen MR) is 23.8 cm³/mol. The van der Waals surface area contributed by atoms with Crippen molar-refractivity contribution < 1.29 is 14.7 Å². The van der Waals surface area contributed by atoms with E-state index in [2.05, 4.69) is 4.84 Å². The predicted octanol–water partition coefficient (Wildman–Crippen LogP) is -0.0415. The van der Waals surface area contributed by atoms with E-state index < -0.39 is 10.6 Å². The molecule has 0 aromatic carbocycles. The van der Waals surface area contributed by atoms with Crippen molar-refractivity contribution in [1.29, 1.82) is 0 Å². The summed E-state index contributed by atoms with van der Waals surface area (Å²) >= 11 is 4.83. The molecule has 0 amide bonds. The van der Waals surface area contributed by atoms with E-state index in [1.54, 1.807) is 0 Å². The van der Waals surface area contributed by atoms with Gasteiger partial charge in [-0.3, -0.25) is 9.63 Å². The molecule has 0 aliphatic carbocycles. The maximum absolute atomic E-state index is 9.48. The smallest absolute Gasteiger partial charge is 0.296 e. The van der Waals surface area contributed by atoms with E-state index in [0.717, 1.165) is 0 Å². The molecule has 6 heteroatoms. The van der Waals surface area contributed by atoms with Crippen LogP contribution in [0.3, 0.4) is 0 Å². The van der Waals surface area contributed by atoms with E-state index >= 15 is 0 Å². The molecule has 0 spiro atoms. The lowest BCUT2D eigenvalue weighted by Gasteiger charge is -1.93. The summed E-state index contributed by atoms with van der Waals surface area (Å²) in [7, 11) is 0. The van der Waals surface area contributed by atoms with Crippen LogP contribution in [0.1, 0.15) is 0 Å². The van der Waals surface area contributed by atoms with Crippen LogP contribution in [-0.4, -0.2) is 16.9 Å². The third-order valence-electron chi connectivity index (χ3n) is 0.294. The molecule has 46 valence electrons. The Morgan fingerprint density at radius 3 is 2.50 bits per heavy atom. The van der Waals surface area contributed by atoms with E-state index in [1.165, 1.54) is 0 Å². The number of nitrogens with zero attached hydrogens (tertiary/aromatic N) is 1. The Morgan fingerprint density at radius 2 is 2.38 bits per heavy atom. The third kappa shape index (κ3) is 3.35. The summed E-state index contributed by atoms with van der Waals surface area (Å²) in [5, 5.41) is 8.18. The van der Waals surface area contributed by atoms with Crippen molar-refractivity contribution in [2.45, 2.75) is 5.56 Å². The molecule has 0 radical (unpaired) electrons. The van der Waals surface area contributed by atoms with E-state index in [9.17, 15) is 14.9 Å². The minimum atomic E-state index is -1.48. The maximum atomic E-state index is 9.48. The normalized spacial score (nSPS) is 12.1. The Bertz CT molecular complexity index is 104. The van der Waals surface area contributed by atoms with Crippen LogP contribution in [0.15, 0.2) is 0 Å². The molecule has 0 saturated heterocycles. The second-order valence-corrected chi connectivity index (χ2v) is 1.25. The summed E-state index contributed by atoms with van der Waals surface area (Å²) in [6.07, 6.45) is 0.115. The van der Waals surface area contributed by atoms with Crippen LogP contribution in [0.4, 0.5) is 0 Å². The fraction of sp³-hybridized carbons (Fsp3) is 0.500. The van der Waals surface area contributed by atoms with Gasteiger partial charge in [-0.25, -0.2) is 0 Å². The fourth-order valence-corrected chi connectivity index (χ4v) is 0.172. The summed E-state index contributed by atoms with van der Waals surface area (Å²) in [5.41, 5.74) is -1.48. The Kier molecular flexibility index (Phi) is 2.86. The number of hydrogen-bond donors (Lipinski definition) is 0. The zero-order valence-electron chi connectivity index (χ0n) is 3.61. The van der Waals surface area contributed by atoms with Gasteiger partial charge in [0.1, 0.15) is 0 Å². The highest BCUT2D eigenvalue weighted by atomic mass is 35.5. The number of hydrogen-bond acceptors (Lipinski definition) is 4. The Balaban J connectivity index is 3.38. The van der Waals surface area contributed by atoms with Crippen molar-refractivity contribution in [3.8, 4) is 0 Å². The molecule has 0 N–H and O–H groups in total. The van der Waals surface area contributed by atoms with Gasteiger partial charge in [0.15, 0.2) is 6.29 Å². The van der Waals surface area contributed by atoms with Gasteiger partial charge in [-0.2, -0.15) is 0 Å². The van der Waals surface area contributed by atoms with Crippen LogP contribution in [0.2, 0.25) is 0 Å². The van der Waals surface area contributed by atoms with Crippen molar-refractivity contribution in [3.63, 3.8) is 0 Å². The van der Waals surface area contributed by atoms with Gasteiger partial charge < -0.3 is 0 Å². The van der Waals surface area contributed by atoms with Crippen LogP contribution in [0, 0.1) is 10.1 Å². The molecule has 0 aliphatic heterocycles. The molecular weight excluding hydrogens is 137 g/mol. The third-order valence-corrected chi connectivity index (χ3v) is 0.476. The van der Waals surface area contributed by atoms with Gasteiger partial charge in [0.2, 0.25) is 5.56 Å². The average molecular weight is 139 g/mol. The van der Waals surface area contributed by atoms with E-state index in [0.29, 0.717) is 0 Å². The monoisotopic (exact) mass is 139 g/mol. The SMILES string of the molecule is O=CC(Cl)O[N+](=O)[O-]. The van der Waals surface area contributed by atoms with Gasteiger partial charge in [-0.1, -0.05) is 11.6 Å². The second-order valence-electron chi connectivity index (χ2n) is 0.816. The minimum absolute atomic E-state index is 0.115. The summed E-state index contributed by atoms with van der Waals surface area (Å²) in [5.74, 6) is 0. The first-order valence-electron chi connectivity index (χ1n) is 1.57. The second kappa shape index (κ2) is 3.20. The first kappa shape index (κ1) is 7.16. The molecule has 8 heavy (non-hydrogen) atoms. The number of carbonyl (C=O) groups is 1. The highest BCUT2D eigenvalue weighted by Crippen LogP contribution is 1.91. The van der Waals surface area contributed by atoms with E-state index in [1.807, 2.05) is 0 Å². The Labute approximate surface area is 49.3 Å². The quantitative estimate of drug-likeness (QED) is 0.238. The summed E-state index contributed by atoms with van der Waals surface area (Å²) in [4.78, 5) is 22.3. The van der Waals surface area contributed by atoms with Crippen molar-refractivity contribution in [2.24, 2.45) is 0 Å². The van der Waals surface area contributed by atoms with Gasteiger partial charge in [0, 0.05) is 0 Å². The van der Waals surface area contributed by atoms with Crippen molar-refractivity contribution in [2.75, 3.05) is 0 Å². The molecular formula is C2H2ClNO4. The minimum Gasteiger partial charge on any atom is -0.299 e. The first-order chi connectivity index (χ1) is 3.66. The van der Waals surface area contributed by atoms with Crippen LogP contribution >= 0.6 is 11.6 Å². The van der Waals surface area contributed by atoms with Gasteiger partial charge in [0.25, 0.3) is 5.09 Å². The largest absolute Gasteiger partial charge is 0.299 e. The standard InChI is InChI=1S/C2H2ClNO4/c3-2(1-5)8-4(6)7/h1-2H. The van der Waals surface area contributed by atoms with E-state index in [-0.39, 0.29) is 6.29 Å². The lowest BCUT2D eigenvalue weighted by molar-refractivity contribution is -0.758. The van der Waals surface area contributed by atoms with Crippen molar-refractivity contribution in [3.05, 3.63) is 10.1 Å². The molecule has 0 saturated carbocycles. The maximum Gasteiger partial charge on any atom is 0.296 e. The van der Waals surface area contributed by atoms with Gasteiger partial charge in [-0.15, -0.1) is 10.1 Å². The van der Waals surface area contributed by atoms with Crippen LogP contribution in [0.25, 0.3) is 0 Å². The number of rotatable bonds is 3. The van der Waals surface area contributed by atoms with Gasteiger partial charge in [0.05, 0.1) is 0 Å². The van der Waals surface area contributed by atoms with Crippen LogP contribution in [-0.2, 0) is 9.63 Å². The highest BCUT2D eigenvalue weighted by molar-refractivity contribution is 6.26. The van der Waals surface area contributed by atoms with Gasteiger partial charge in [-0.05, 0) is 0 Å². The molecule has 0 aliphatic rings. The molecule has 0 heterocycles. The van der Waals surface area contributed by atoms with Gasteiger partial charge >= 0.3 is 0 Å². The van der Waals surface area contributed by atoms with E-state index in [4.69, 9.17) is 11.6 Å². The van der Waals surface area contributed by atoms with Crippen molar-refractivity contribution in [1.82, 2.24) is 0 Å².